The second-order valence-corrected chi connectivity index (χ2v) is 8.87. The van der Waals surface area contributed by atoms with Crippen molar-refractivity contribution in [3.8, 4) is 0 Å². The zero-order valence-electron chi connectivity index (χ0n) is 17.6. The summed E-state index contributed by atoms with van der Waals surface area (Å²) in [5.41, 5.74) is 2.91. The topological polar surface area (TPSA) is 61.4 Å². The van der Waals surface area contributed by atoms with E-state index in [2.05, 4.69) is 21.6 Å². The Labute approximate surface area is 183 Å². The van der Waals surface area contributed by atoms with Crippen molar-refractivity contribution in [1.29, 1.82) is 0 Å². The van der Waals surface area contributed by atoms with Gasteiger partial charge in [0.15, 0.2) is 0 Å². The van der Waals surface area contributed by atoms with Crippen LogP contribution in [0.25, 0.3) is 0 Å². The van der Waals surface area contributed by atoms with Crippen LogP contribution in [-0.2, 0) is 22.6 Å². The molecule has 0 bridgehead atoms. The number of carbonyl (C=O) groups is 2. The fourth-order valence-corrected chi connectivity index (χ4v) is 4.56. The van der Waals surface area contributed by atoms with Gasteiger partial charge in [-0.15, -0.1) is 0 Å². The van der Waals surface area contributed by atoms with Gasteiger partial charge in [-0.05, 0) is 29.7 Å². The lowest BCUT2D eigenvalue weighted by Crippen LogP contribution is -2.44. The van der Waals surface area contributed by atoms with E-state index >= 15 is 0 Å². The number of anilines is 1. The number of rotatable bonds is 9. The predicted octanol–water partition coefficient (Wildman–Crippen LogP) is 3.70. The Kier molecular flexibility index (Phi) is 8.78. The number of thioether (sulfide) groups is 1. The second kappa shape index (κ2) is 11.8. The molecule has 1 heterocycles. The number of hydrogen-bond donors (Lipinski definition) is 2. The lowest BCUT2D eigenvalue weighted by Gasteiger charge is -2.26. The minimum Gasteiger partial charge on any atom is -0.344 e. The van der Waals surface area contributed by atoms with Gasteiger partial charge in [0.2, 0.25) is 11.8 Å². The summed E-state index contributed by atoms with van der Waals surface area (Å²) in [5.74, 6) is 2.06. The minimum atomic E-state index is -0.533. The van der Waals surface area contributed by atoms with Gasteiger partial charge in [0.25, 0.3) is 0 Å². The van der Waals surface area contributed by atoms with Crippen molar-refractivity contribution in [2.75, 3.05) is 29.9 Å². The number of nitrogens with zero attached hydrogens (tertiary/aromatic N) is 1. The van der Waals surface area contributed by atoms with Gasteiger partial charge in [-0.25, -0.2) is 0 Å². The Bertz CT molecular complexity index is 822. The predicted molar refractivity (Wildman–Crippen MR) is 125 cm³/mol. The highest BCUT2D eigenvalue weighted by molar-refractivity contribution is 7.99. The largest absolute Gasteiger partial charge is 0.344 e. The molecule has 30 heavy (non-hydrogen) atoms. The summed E-state index contributed by atoms with van der Waals surface area (Å²) in [5, 5.41) is 5.90. The molecule has 5 nitrogen and oxygen atoms in total. The maximum atomic E-state index is 12.9. The molecule has 0 spiro atoms. The molecular weight excluding hydrogens is 394 g/mol. The average Bonchev–Trinajstić information content (AvgIpc) is 2.75. The van der Waals surface area contributed by atoms with E-state index in [4.69, 9.17) is 0 Å². The van der Waals surface area contributed by atoms with Gasteiger partial charge >= 0.3 is 0 Å². The molecular formula is C24H31N3O2S. The number of carbonyl (C=O) groups excluding carboxylic acids is 2. The molecule has 0 aliphatic carbocycles. The summed E-state index contributed by atoms with van der Waals surface area (Å²) < 4.78 is 0. The van der Waals surface area contributed by atoms with Gasteiger partial charge in [-0.1, -0.05) is 55.8 Å². The molecule has 1 unspecified atom stereocenters. The van der Waals surface area contributed by atoms with E-state index in [9.17, 15) is 9.59 Å². The molecule has 0 saturated carbocycles. The fourth-order valence-electron chi connectivity index (χ4n) is 3.58. The van der Waals surface area contributed by atoms with Crippen LogP contribution in [0.1, 0.15) is 30.9 Å². The van der Waals surface area contributed by atoms with E-state index in [0.29, 0.717) is 6.42 Å². The molecule has 3 rings (SSSR count). The molecule has 2 amide bonds. The van der Waals surface area contributed by atoms with Crippen molar-refractivity contribution < 1.29 is 9.59 Å². The Hall–Kier alpha value is -2.31. The van der Waals surface area contributed by atoms with Crippen molar-refractivity contribution >= 4 is 29.3 Å². The van der Waals surface area contributed by atoms with Gasteiger partial charge < -0.3 is 10.6 Å². The summed E-state index contributed by atoms with van der Waals surface area (Å²) >= 11 is 2.00. The van der Waals surface area contributed by atoms with Crippen molar-refractivity contribution in [3.63, 3.8) is 0 Å². The highest BCUT2D eigenvalue weighted by Crippen LogP contribution is 2.16. The zero-order valence-corrected chi connectivity index (χ0v) is 18.4. The highest BCUT2D eigenvalue weighted by Gasteiger charge is 2.20. The third kappa shape index (κ3) is 7.18. The molecule has 6 heteroatoms. The monoisotopic (exact) mass is 425 g/mol. The molecule has 160 valence electrons. The average molecular weight is 426 g/mol. The van der Waals surface area contributed by atoms with Crippen LogP contribution in [-0.4, -0.2) is 47.4 Å². The maximum absolute atomic E-state index is 12.9. The summed E-state index contributed by atoms with van der Waals surface area (Å²) in [6.07, 6.45) is 1.70. The molecule has 0 radical (unpaired) electrons. The number of nitrogens with one attached hydrogen (secondary N) is 2. The van der Waals surface area contributed by atoms with Crippen LogP contribution in [0.2, 0.25) is 0 Å². The van der Waals surface area contributed by atoms with Gasteiger partial charge in [-0.2, -0.15) is 11.8 Å². The van der Waals surface area contributed by atoms with Crippen LogP contribution in [0, 0.1) is 0 Å². The van der Waals surface area contributed by atoms with Crippen LogP contribution in [0.5, 0.6) is 0 Å². The molecule has 1 aliphatic heterocycles. The Morgan fingerprint density at radius 2 is 1.77 bits per heavy atom. The number of amides is 2. The lowest BCUT2D eigenvalue weighted by atomic mass is 10.1. The quantitative estimate of drug-likeness (QED) is 0.643. The van der Waals surface area contributed by atoms with E-state index in [-0.39, 0.29) is 18.2 Å². The summed E-state index contributed by atoms with van der Waals surface area (Å²) in [7, 11) is 0. The molecule has 1 atom stereocenters. The third-order valence-corrected chi connectivity index (χ3v) is 6.08. The second-order valence-electron chi connectivity index (χ2n) is 7.65. The minimum absolute atomic E-state index is 0.133. The molecule has 1 aliphatic rings. The lowest BCUT2D eigenvalue weighted by molar-refractivity contribution is -0.126. The van der Waals surface area contributed by atoms with Crippen LogP contribution in [0.3, 0.4) is 0 Å². The van der Waals surface area contributed by atoms with Gasteiger partial charge in [-0.3, -0.25) is 14.5 Å². The molecule has 1 saturated heterocycles. The maximum Gasteiger partial charge on any atom is 0.246 e. The molecule has 0 aromatic heterocycles. The van der Waals surface area contributed by atoms with Gasteiger partial charge in [0.1, 0.15) is 6.04 Å². The Morgan fingerprint density at radius 1 is 1.03 bits per heavy atom. The summed E-state index contributed by atoms with van der Waals surface area (Å²) in [6, 6.07) is 17.1. The van der Waals surface area contributed by atoms with E-state index < -0.39 is 6.04 Å². The summed E-state index contributed by atoms with van der Waals surface area (Å²) in [6.45, 7) is 5.12. The molecule has 1 fully saturated rings. The van der Waals surface area contributed by atoms with Crippen molar-refractivity contribution in [3.05, 3.63) is 65.7 Å². The number of benzene rings is 2. The smallest absolute Gasteiger partial charge is 0.246 e. The van der Waals surface area contributed by atoms with Crippen molar-refractivity contribution in [2.45, 2.75) is 38.8 Å². The first-order valence-electron chi connectivity index (χ1n) is 10.7. The molecule has 2 aromatic carbocycles. The Morgan fingerprint density at radius 3 is 2.50 bits per heavy atom. The van der Waals surface area contributed by atoms with E-state index in [1.807, 2.05) is 67.2 Å². The van der Waals surface area contributed by atoms with Gasteiger partial charge in [0.05, 0.1) is 6.42 Å². The molecule has 2 N–H and O–H groups in total. The first kappa shape index (κ1) is 22.4. The summed E-state index contributed by atoms with van der Waals surface area (Å²) in [4.78, 5) is 27.7. The highest BCUT2D eigenvalue weighted by atomic mass is 32.2. The SMILES string of the molecule is CCCC(NC(=O)Cc1ccccc1)C(=O)Nc1cccc(CN2CCSCC2)c1. The normalized spacial score (nSPS) is 15.4. The zero-order chi connectivity index (χ0) is 21.2. The van der Waals surface area contributed by atoms with E-state index in [0.717, 1.165) is 37.3 Å². The van der Waals surface area contributed by atoms with E-state index in [1.54, 1.807) is 0 Å². The Balaban J connectivity index is 1.57. The standard InChI is InChI=1S/C24H31N3O2S/c1-2-7-22(26-23(28)17-19-8-4-3-5-9-19)24(29)25-21-11-6-10-20(16-21)18-27-12-14-30-15-13-27/h3-6,8-11,16,22H,2,7,12-15,17-18H2,1H3,(H,25,29)(H,26,28). The van der Waals surface area contributed by atoms with E-state index in [1.165, 1.54) is 17.1 Å². The van der Waals surface area contributed by atoms with Crippen LogP contribution < -0.4 is 10.6 Å². The number of hydrogen-bond acceptors (Lipinski definition) is 4. The van der Waals surface area contributed by atoms with Crippen molar-refractivity contribution in [1.82, 2.24) is 10.2 Å². The van der Waals surface area contributed by atoms with Crippen LogP contribution in [0.15, 0.2) is 54.6 Å². The first-order valence-corrected chi connectivity index (χ1v) is 11.8. The third-order valence-electron chi connectivity index (χ3n) is 5.14. The van der Waals surface area contributed by atoms with Gasteiger partial charge in [0, 0.05) is 36.8 Å². The molecule has 2 aromatic rings. The fraction of sp³-hybridized carbons (Fsp3) is 0.417. The van der Waals surface area contributed by atoms with Crippen LogP contribution in [0.4, 0.5) is 5.69 Å². The van der Waals surface area contributed by atoms with Crippen LogP contribution >= 0.6 is 11.8 Å². The first-order chi connectivity index (χ1) is 14.6. The van der Waals surface area contributed by atoms with Crippen molar-refractivity contribution in [2.24, 2.45) is 0 Å².